The summed E-state index contributed by atoms with van der Waals surface area (Å²) >= 11 is 0. The first-order valence-electron chi connectivity index (χ1n) is 3.65. The molecule has 0 aliphatic carbocycles. The number of nitrogens with zero attached hydrogens (tertiary/aromatic N) is 2. The molecule has 1 fully saturated rings. The summed E-state index contributed by atoms with van der Waals surface area (Å²) in [5.74, 6) is 0. The number of carbonyl (C=O) groups is 1. The lowest BCUT2D eigenvalue weighted by Crippen LogP contribution is -2.46. The number of alkyl halides is 1. The van der Waals surface area contributed by atoms with Crippen molar-refractivity contribution in [3.05, 3.63) is 0 Å². The molecule has 4 nitrogen and oxygen atoms in total. The van der Waals surface area contributed by atoms with Crippen LogP contribution in [0.1, 0.15) is 12.8 Å². The van der Waals surface area contributed by atoms with E-state index in [9.17, 15) is 9.18 Å². The van der Waals surface area contributed by atoms with Gasteiger partial charge in [-0.05, 0) is 12.8 Å². The molecule has 66 valence electrons. The van der Waals surface area contributed by atoms with Gasteiger partial charge in [0.25, 0.3) is 0 Å². The second-order valence-corrected chi connectivity index (χ2v) is 2.88. The van der Waals surface area contributed by atoms with Crippen molar-refractivity contribution in [2.45, 2.75) is 18.5 Å². The smallest absolute Gasteiger partial charge is 0.407 e. The Morgan fingerprint density at radius 3 is 2.92 bits per heavy atom. The van der Waals surface area contributed by atoms with Crippen molar-refractivity contribution in [1.82, 2.24) is 4.90 Å². The molecule has 0 spiro atoms. The number of nitriles is 1. The predicted molar refractivity (Wildman–Crippen MR) is 38.3 cm³/mol. The average Bonchev–Trinajstić information content (AvgIpc) is 2.05. The standard InChI is InChI=1S/C7H9FN2O2/c8-7(4-9)2-1-3-10(5-7)6(11)12/h1-3,5H2,(H,11,12). The SMILES string of the molecule is N#CC1(F)CCCN(C(=O)O)C1. The van der Waals surface area contributed by atoms with E-state index in [2.05, 4.69) is 0 Å². The zero-order chi connectivity index (χ0) is 9.19. The van der Waals surface area contributed by atoms with Crippen molar-refractivity contribution in [2.24, 2.45) is 0 Å². The number of hydrogen-bond acceptors (Lipinski definition) is 2. The van der Waals surface area contributed by atoms with Gasteiger partial charge in [0.2, 0.25) is 5.67 Å². The zero-order valence-corrected chi connectivity index (χ0v) is 6.46. The zero-order valence-electron chi connectivity index (χ0n) is 6.46. The fourth-order valence-electron chi connectivity index (χ4n) is 1.27. The van der Waals surface area contributed by atoms with Gasteiger partial charge in [0.15, 0.2) is 0 Å². The van der Waals surface area contributed by atoms with Crippen molar-refractivity contribution in [2.75, 3.05) is 13.1 Å². The highest BCUT2D eigenvalue weighted by molar-refractivity contribution is 5.65. The minimum Gasteiger partial charge on any atom is -0.465 e. The van der Waals surface area contributed by atoms with E-state index in [4.69, 9.17) is 10.4 Å². The van der Waals surface area contributed by atoms with Gasteiger partial charge in [0.1, 0.15) is 6.07 Å². The van der Waals surface area contributed by atoms with Crippen LogP contribution in [0.15, 0.2) is 0 Å². The molecule has 1 saturated heterocycles. The number of amides is 1. The van der Waals surface area contributed by atoms with Gasteiger partial charge in [-0.1, -0.05) is 0 Å². The quantitative estimate of drug-likeness (QED) is 0.592. The molecule has 1 amide bonds. The van der Waals surface area contributed by atoms with E-state index >= 15 is 0 Å². The van der Waals surface area contributed by atoms with E-state index < -0.39 is 11.8 Å². The minimum absolute atomic E-state index is 0.132. The van der Waals surface area contributed by atoms with Crippen LogP contribution in [0.5, 0.6) is 0 Å². The fourth-order valence-corrected chi connectivity index (χ4v) is 1.27. The summed E-state index contributed by atoms with van der Waals surface area (Å²) in [4.78, 5) is 11.3. The number of piperidine rings is 1. The average molecular weight is 172 g/mol. The van der Waals surface area contributed by atoms with Crippen LogP contribution >= 0.6 is 0 Å². The molecule has 0 aromatic rings. The van der Waals surface area contributed by atoms with Crippen molar-refractivity contribution in [3.63, 3.8) is 0 Å². The first-order chi connectivity index (χ1) is 5.57. The van der Waals surface area contributed by atoms with E-state index in [1.165, 1.54) is 6.07 Å². The van der Waals surface area contributed by atoms with E-state index in [0.717, 1.165) is 4.90 Å². The monoisotopic (exact) mass is 172 g/mol. The van der Waals surface area contributed by atoms with Crippen LogP contribution in [0.2, 0.25) is 0 Å². The summed E-state index contributed by atoms with van der Waals surface area (Å²) in [6.45, 7) is 0.00150. The number of hydrogen-bond donors (Lipinski definition) is 1. The number of likely N-dealkylation sites (tertiary alicyclic amines) is 1. The fraction of sp³-hybridized carbons (Fsp3) is 0.714. The molecule has 1 N–H and O–H groups in total. The normalized spacial score (nSPS) is 29.5. The molecule has 1 atom stereocenters. The molecule has 1 heterocycles. The van der Waals surface area contributed by atoms with Gasteiger partial charge in [0.05, 0.1) is 6.54 Å². The molecule has 0 saturated carbocycles. The summed E-state index contributed by atoms with van der Waals surface area (Å²) in [6, 6.07) is 1.49. The highest BCUT2D eigenvalue weighted by Crippen LogP contribution is 2.24. The number of carboxylic acid groups (broad SMARTS) is 1. The Morgan fingerprint density at radius 1 is 1.75 bits per heavy atom. The summed E-state index contributed by atoms with van der Waals surface area (Å²) in [7, 11) is 0. The Bertz CT molecular complexity index is 238. The van der Waals surface area contributed by atoms with Crippen LogP contribution in [0.4, 0.5) is 9.18 Å². The van der Waals surface area contributed by atoms with Crippen molar-refractivity contribution in [1.29, 1.82) is 5.26 Å². The third kappa shape index (κ3) is 1.64. The van der Waals surface area contributed by atoms with Crippen LogP contribution in [-0.2, 0) is 0 Å². The maximum Gasteiger partial charge on any atom is 0.407 e. The Hall–Kier alpha value is -1.31. The Balaban J connectivity index is 2.64. The second kappa shape index (κ2) is 2.97. The van der Waals surface area contributed by atoms with Crippen LogP contribution in [0.25, 0.3) is 0 Å². The van der Waals surface area contributed by atoms with Gasteiger partial charge in [-0.25, -0.2) is 9.18 Å². The highest BCUT2D eigenvalue weighted by atomic mass is 19.1. The highest BCUT2D eigenvalue weighted by Gasteiger charge is 2.37. The van der Waals surface area contributed by atoms with Crippen LogP contribution < -0.4 is 0 Å². The molecule has 1 rings (SSSR count). The van der Waals surface area contributed by atoms with Crippen LogP contribution in [0, 0.1) is 11.3 Å². The van der Waals surface area contributed by atoms with Gasteiger partial charge in [-0.2, -0.15) is 5.26 Å². The largest absolute Gasteiger partial charge is 0.465 e. The maximum absolute atomic E-state index is 13.2. The van der Waals surface area contributed by atoms with E-state index in [-0.39, 0.29) is 13.0 Å². The van der Waals surface area contributed by atoms with E-state index in [1.54, 1.807) is 0 Å². The molecule has 0 aromatic heterocycles. The molecule has 0 aromatic carbocycles. The third-order valence-corrected chi connectivity index (χ3v) is 1.91. The molecular formula is C7H9FN2O2. The minimum atomic E-state index is -1.98. The summed E-state index contributed by atoms with van der Waals surface area (Å²) in [5.41, 5.74) is -1.98. The van der Waals surface area contributed by atoms with Crippen LogP contribution in [-0.4, -0.2) is 34.9 Å². The Kier molecular flexibility index (Phi) is 2.18. The molecule has 1 aliphatic rings. The van der Waals surface area contributed by atoms with Gasteiger partial charge < -0.3 is 10.0 Å². The molecular weight excluding hydrogens is 163 g/mol. The van der Waals surface area contributed by atoms with Gasteiger partial charge >= 0.3 is 6.09 Å². The van der Waals surface area contributed by atoms with E-state index in [1.807, 2.05) is 0 Å². The van der Waals surface area contributed by atoms with Gasteiger partial charge in [-0.15, -0.1) is 0 Å². The van der Waals surface area contributed by atoms with Crippen LogP contribution in [0.3, 0.4) is 0 Å². The molecule has 0 bridgehead atoms. The third-order valence-electron chi connectivity index (χ3n) is 1.91. The first-order valence-corrected chi connectivity index (χ1v) is 3.65. The lowest BCUT2D eigenvalue weighted by atomic mass is 9.97. The molecule has 5 heteroatoms. The summed E-state index contributed by atoms with van der Waals surface area (Å²) in [5, 5.41) is 16.9. The van der Waals surface area contributed by atoms with Crippen molar-refractivity contribution >= 4 is 6.09 Å². The molecule has 1 unspecified atom stereocenters. The summed E-state index contributed by atoms with van der Waals surface area (Å²) < 4.78 is 13.2. The molecule has 12 heavy (non-hydrogen) atoms. The van der Waals surface area contributed by atoms with Crippen molar-refractivity contribution < 1.29 is 14.3 Å². The number of rotatable bonds is 0. The second-order valence-electron chi connectivity index (χ2n) is 2.88. The Labute approximate surface area is 69.2 Å². The predicted octanol–water partition coefficient (Wildman–Crippen LogP) is 0.992. The van der Waals surface area contributed by atoms with E-state index in [0.29, 0.717) is 13.0 Å². The molecule has 0 radical (unpaired) electrons. The Morgan fingerprint density at radius 2 is 2.42 bits per heavy atom. The first kappa shape index (κ1) is 8.78. The van der Waals surface area contributed by atoms with Gasteiger partial charge in [-0.3, -0.25) is 0 Å². The number of halogens is 1. The molecule has 1 aliphatic heterocycles. The van der Waals surface area contributed by atoms with Gasteiger partial charge in [0, 0.05) is 6.54 Å². The maximum atomic E-state index is 13.2. The lowest BCUT2D eigenvalue weighted by Gasteiger charge is -2.30. The van der Waals surface area contributed by atoms with Crippen molar-refractivity contribution in [3.8, 4) is 6.07 Å². The lowest BCUT2D eigenvalue weighted by molar-refractivity contribution is 0.0786. The summed E-state index contributed by atoms with van der Waals surface area (Å²) in [6.07, 6.45) is -0.615. The topological polar surface area (TPSA) is 64.3 Å².